The number of unbranched alkanes of at least 4 members (excludes halogenated alkanes) is 8. The molecule has 0 aliphatic carbocycles. The van der Waals surface area contributed by atoms with Crippen molar-refractivity contribution in [3.8, 4) is 116 Å². The van der Waals surface area contributed by atoms with Gasteiger partial charge in [-0.1, -0.05) is 107 Å². The van der Waals surface area contributed by atoms with Crippen LogP contribution in [0.4, 0.5) is 11.4 Å². The van der Waals surface area contributed by atoms with Crippen LogP contribution in [0.1, 0.15) is 274 Å². The van der Waals surface area contributed by atoms with Crippen molar-refractivity contribution in [2.45, 2.75) is 207 Å². The molecule has 30 heteroatoms. The van der Waals surface area contributed by atoms with E-state index in [1.165, 1.54) is 24.3 Å². The third kappa shape index (κ3) is 12.1. The van der Waals surface area contributed by atoms with Gasteiger partial charge in [-0.25, -0.2) is 29.9 Å². The van der Waals surface area contributed by atoms with Crippen molar-refractivity contribution in [2.24, 2.45) is 23.7 Å². The van der Waals surface area contributed by atoms with Crippen molar-refractivity contribution < 1.29 is 66.7 Å². The fraction of sp³-hybridized carbons (Fsp3) is 0.478. The van der Waals surface area contributed by atoms with Gasteiger partial charge in [-0.2, -0.15) is 21.0 Å². The number of nitrogens with zero attached hydrogens (tertiary/aromatic N) is 12. The number of rotatable bonds is 34. The van der Waals surface area contributed by atoms with Gasteiger partial charge in [0.25, 0.3) is 11.4 Å². The number of nitriles is 4. The Bertz CT molecular complexity index is 5860. The van der Waals surface area contributed by atoms with Crippen LogP contribution < -0.4 is 37.9 Å². The van der Waals surface area contributed by atoms with Gasteiger partial charge < -0.3 is 66.8 Å². The first-order valence-corrected chi connectivity index (χ1v) is 43.4. The number of aromatic nitrogens is 8. The molecule has 19 rings (SSSR count). The summed E-state index contributed by atoms with van der Waals surface area (Å²) in [5.74, 6) is 1.37. The average Bonchev–Trinajstić information content (AvgIpc) is 1.50. The smallest absolute Gasteiger partial charge is 0.270 e. The molecule has 6 aromatic carbocycles. The molecule has 0 amide bonds. The van der Waals surface area contributed by atoms with Crippen LogP contribution in [-0.2, 0) is 18.9 Å². The zero-order valence-electron chi connectivity index (χ0n) is 69.3. The molecule has 2 N–H and O–H groups in total. The van der Waals surface area contributed by atoms with Crippen LogP contribution in [-0.4, -0.2) is 103 Å². The first kappa shape index (κ1) is 79.5. The monoisotopic (exact) mass is 1650 g/mol. The minimum atomic E-state index is -0.751. The van der Waals surface area contributed by atoms with Gasteiger partial charge in [0.1, 0.15) is 115 Å². The molecule has 4 unspecified atom stereocenters. The maximum atomic E-state index is 13.2. The first-order chi connectivity index (χ1) is 59.8. The summed E-state index contributed by atoms with van der Waals surface area (Å²) in [7, 11) is 0. The summed E-state index contributed by atoms with van der Waals surface area (Å²) >= 11 is 0. The van der Waals surface area contributed by atoms with E-state index < -0.39 is 82.3 Å². The second-order valence-corrected chi connectivity index (χ2v) is 32.8. The molecule has 12 atom stereocenters. The third-order valence-electron chi connectivity index (χ3n) is 25.6. The number of non-ortho nitro benzene ring substituents is 2. The fourth-order valence-corrected chi connectivity index (χ4v) is 20.1. The highest BCUT2D eigenvalue weighted by Crippen LogP contribution is 2.80. The van der Waals surface area contributed by atoms with Crippen LogP contribution in [0.15, 0.2) is 36.4 Å². The number of hydrogen-bond donors (Lipinski definition) is 2. The molecular formula is C92H92N14O16. The molecule has 9 aromatic rings. The van der Waals surface area contributed by atoms with Gasteiger partial charge in [0, 0.05) is 114 Å². The number of nitro groups is 2. The second kappa shape index (κ2) is 32.2. The lowest BCUT2D eigenvalue weighted by Gasteiger charge is -2.35. The van der Waals surface area contributed by atoms with E-state index in [9.17, 15) is 41.3 Å². The van der Waals surface area contributed by atoms with Crippen molar-refractivity contribution in [1.82, 2.24) is 39.9 Å². The van der Waals surface area contributed by atoms with Crippen LogP contribution in [0.25, 0.3) is 89.7 Å². The van der Waals surface area contributed by atoms with Crippen molar-refractivity contribution in [3.63, 3.8) is 0 Å². The van der Waals surface area contributed by atoms with E-state index in [2.05, 4.69) is 89.6 Å². The highest BCUT2D eigenvalue weighted by atomic mass is 16.6. The average molecular weight is 1650 g/mol. The van der Waals surface area contributed by atoms with E-state index >= 15 is 0 Å². The van der Waals surface area contributed by atoms with Crippen LogP contribution in [0.3, 0.4) is 0 Å². The topological polar surface area (TPSA) is 401 Å². The minimum absolute atomic E-state index is 0.0696. The van der Waals surface area contributed by atoms with E-state index in [1.54, 1.807) is 12.1 Å². The molecule has 30 nitrogen and oxygen atoms in total. The standard InChI is InChI=1S/C92H92N14O16/c1-9-17-29-111-69-49(39-93)51(41-95)71(113-31-19-11-3)55-53(69)77-61-63(79(55)119-77)83-59-57(81(61)121-83)73(115-33-21-13-5)65-67(75(59)117-35-23-15-7)91-101-87-48-38-44(106(109)110)26-28-46(48)86(98-87)100-90-66-68(92(104-90)102-88-47-37-43(105(107)108)25-27-45(47)85(97-88)99-89(65)103-91)76(118-36-24-16-8)60-58(74(66)116-34-22-14-6)82-62-64(84(60)122-82)80-56-54(78(62)120-80)70(112-30-18-10-2)50(40-94)52(42-96)72(56)114-32-20-12-4/h25-28,37-38,61-64,77-84H,9-24,29-36H2,1-8H3,(H2,97,98,99,100,101,102,103,104)/t61?,62?,63?,64?,77-,78-,79+,80+,81+,82+,83-,84-/m0/s1. The van der Waals surface area contributed by atoms with Crippen LogP contribution in [0, 0.1) is 89.2 Å². The van der Waals surface area contributed by atoms with Gasteiger partial charge in [0.2, 0.25) is 0 Å². The Labute approximate surface area is 702 Å². The molecule has 0 saturated carbocycles. The van der Waals surface area contributed by atoms with E-state index in [-0.39, 0.29) is 143 Å². The van der Waals surface area contributed by atoms with E-state index in [0.29, 0.717) is 175 Å². The van der Waals surface area contributed by atoms with Crippen molar-refractivity contribution in [1.29, 1.82) is 21.0 Å². The Hall–Kier alpha value is -12.3. The normalized spacial score (nSPS) is 21.5. The minimum Gasteiger partial charge on any atom is -0.492 e. The molecule has 13 heterocycles. The maximum Gasteiger partial charge on any atom is 0.270 e. The number of fused-ring (bicyclic) bond motifs is 50. The number of hydrogen-bond acceptors (Lipinski definition) is 26. The Kier molecular flexibility index (Phi) is 21.0. The SMILES string of the molecule is CCCCOc1c(C#N)c(C#N)c(OCCCC)c2c1[C@H]1O[C@@H]2C2C1[C@H]1O[C@@H]2c2c(OCCCC)c3c(c(OCCCC)c21)-c1nc-3nc2[nH]c(nc3nc(nc4[nH]c(n1)c1cc([N+](=O)[O-])ccc41)-c1c(OCCCC)c4c(c(OCCCC)c1-3)[C@@H]1O[C@H]4C3C1[C@@H]1O[C@H]3c3c(OCCCC)c(C#N)c(C#N)c(OCCCC)c31)c1cc([N+](=O)[O-])ccc21. The number of nitro benzene ring substituents is 2. The molecule has 10 aliphatic rings. The molecule has 10 aliphatic heterocycles. The van der Waals surface area contributed by atoms with Crippen molar-refractivity contribution >= 4 is 55.5 Å². The lowest BCUT2D eigenvalue weighted by Crippen LogP contribution is -2.29. The summed E-state index contributed by atoms with van der Waals surface area (Å²) in [6, 6.07) is 18.3. The largest absolute Gasteiger partial charge is 0.492 e. The Morgan fingerprint density at radius 2 is 0.525 bits per heavy atom. The summed E-state index contributed by atoms with van der Waals surface area (Å²) in [6.45, 7) is 18.5. The van der Waals surface area contributed by atoms with Gasteiger partial charge in [-0.05, 0) is 63.5 Å². The molecule has 626 valence electrons. The quantitative estimate of drug-likeness (QED) is 0.0215. The number of aromatic amines is 2. The Morgan fingerprint density at radius 3 is 0.730 bits per heavy atom. The van der Waals surface area contributed by atoms with Gasteiger partial charge in [0.15, 0.2) is 23.3 Å². The fourth-order valence-electron chi connectivity index (χ4n) is 20.1. The Morgan fingerprint density at radius 1 is 0.320 bits per heavy atom. The Balaban J connectivity index is 0.878. The number of nitrogens with one attached hydrogen (secondary N) is 2. The predicted octanol–water partition coefficient (Wildman–Crippen LogP) is 20.0. The summed E-state index contributed by atoms with van der Waals surface area (Å²) in [5, 5.41) is 72.1. The zero-order chi connectivity index (χ0) is 84.2. The number of ether oxygens (including phenoxy) is 12. The van der Waals surface area contributed by atoms with E-state index in [0.717, 1.165) is 51.4 Å². The lowest BCUT2D eigenvalue weighted by atomic mass is 9.65. The summed E-state index contributed by atoms with van der Waals surface area (Å²) in [6.07, 6.45) is 5.66. The third-order valence-corrected chi connectivity index (χ3v) is 25.6. The maximum absolute atomic E-state index is 13.2. The second-order valence-electron chi connectivity index (χ2n) is 32.8. The summed E-state index contributed by atoms with van der Waals surface area (Å²) in [5.41, 5.74) is 7.27. The number of H-pyrrole nitrogens is 2. The van der Waals surface area contributed by atoms with Gasteiger partial charge >= 0.3 is 0 Å². The van der Waals surface area contributed by atoms with Crippen LogP contribution >= 0.6 is 0 Å². The van der Waals surface area contributed by atoms with Gasteiger partial charge in [-0.15, -0.1) is 0 Å². The van der Waals surface area contributed by atoms with E-state index in [4.69, 9.17) is 86.7 Å². The highest BCUT2D eigenvalue weighted by molar-refractivity contribution is 6.08. The van der Waals surface area contributed by atoms with Crippen molar-refractivity contribution in [2.75, 3.05) is 52.9 Å². The molecular weight excluding hydrogens is 1560 g/mol. The van der Waals surface area contributed by atoms with E-state index in [1.807, 2.05) is 0 Å². The molecule has 4 fully saturated rings. The lowest BCUT2D eigenvalue weighted by molar-refractivity contribution is -0.384. The van der Waals surface area contributed by atoms with Gasteiger partial charge in [0.05, 0.1) is 134 Å². The van der Waals surface area contributed by atoms with Crippen molar-refractivity contribution in [3.05, 3.63) is 123 Å². The molecule has 16 bridgehead atoms. The first-order valence-electron chi connectivity index (χ1n) is 43.4. The van der Waals surface area contributed by atoms with Crippen LogP contribution in [0.2, 0.25) is 0 Å². The number of benzene rings is 6. The summed E-state index contributed by atoms with van der Waals surface area (Å²) < 4.78 is 85.5. The molecule has 4 saturated heterocycles. The molecule has 3 aromatic heterocycles. The van der Waals surface area contributed by atoms with Crippen LogP contribution in [0.5, 0.6) is 46.0 Å². The molecule has 0 radical (unpaired) electrons. The molecule has 0 spiro atoms. The highest BCUT2D eigenvalue weighted by Gasteiger charge is 2.71. The molecule has 122 heavy (non-hydrogen) atoms. The van der Waals surface area contributed by atoms with Gasteiger partial charge in [-0.3, -0.25) is 20.2 Å². The predicted molar refractivity (Wildman–Crippen MR) is 445 cm³/mol. The summed E-state index contributed by atoms with van der Waals surface area (Å²) in [4.78, 5) is 65.7. The zero-order valence-corrected chi connectivity index (χ0v) is 69.3.